The van der Waals surface area contributed by atoms with E-state index in [2.05, 4.69) is 14.8 Å². The summed E-state index contributed by atoms with van der Waals surface area (Å²) in [6.45, 7) is 0.000820. The monoisotopic (exact) mass is 456 g/mol. The van der Waals surface area contributed by atoms with E-state index in [0.29, 0.717) is 11.3 Å². The third-order valence-electron chi connectivity index (χ3n) is 3.76. The highest BCUT2D eigenvalue weighted by molar-refractivity contribution is 7.89. The first kappa shape index (κ1) is 23.6. The summed E-state index contributed by atoms with van der Waals surface area (Å²) in [7, 11) is -0.996. The number of methoxy groups -OCH3 is 2. The Morgan fingerprint density at radius 3 is 2.37 bits per heavy atom. The van der Waals surface area contributed by atoms with E-state index >= 15 is 0 Å². The van der Waals surface area contributed by atoms with Crippen molar-refractivity contribution in [3.8, 4) is 5.75 Å². The van der Waals surface area contributed by atoms with Crippen molar-refractivity contribution in [2.75, 3.05) is 39.3 Å². The molecule has 2 aromatic carbocycles. The Labute approximate surface area is 179 Å². The van der Waals surface area contributed by atoms with Crippen LogP contribution >= 0.6 is 11.6 Å². The molecule has 1 amide bonds. The molecule has 0 bridgehead atoms. The quantitative estimate of drug-likeness (QED) is 0.414. The van der Waals surface area contributed by atoms with Gasteiger partial charge >= 0.3 is 5.97 Å². The van der Waals surface area contributed by atoms with E-state index in [4.69, 9.17) is 21.1 Å². The summed E-state index contributed by atoms with van der Waals surface area (Å²) < 4.78 is 41.5. The van der Waals surface area contributed by atoms with Crippen LogP contribution in [0, 0.1) is 0 Å². The van der Waals surface area contributed by atoms with Gasteiger partial charge in [-0.3, -0.25) is 4.79 Å². The van der Waals surface area contributed by atoms with Crippen LogP contribution in [-0.2, 0) is 24.3 Å². The standard InChI is InChI=1S/C19H21ClN2O7S/c1-27-10-9-21-30(25,26)15-7-8-17(16(20)11-15)29-12-18(23)22-14-5-3-13(4-6-14)19(24)28-2/h3-8,11,21H,9-10,12H2,1-2H3,(H,22,23). The van der Waals surface area contributed by atoms with Crippen LogP contribution in [0.1, 0.15) is 10.4 Å². The first-order chi connectivity index (χ1) is 14.3. The Morgan fingerprint density at radius 1 is 1.07 bits per heavy atom. The van der Waals surface area contributed by atoms with E-state index in [9.17, 15) is 18.0 Å². The molecule has 9 nitrogen and oxygen atoms in total. The lowest BCUT2D eigenvalue weighted by atomic mass is 10.2. The summed E-state index contributed by atoms with van der Waals surface area (Å²) in [5.41, 5.74) is 0.816. The summed E-state index contributed by atoms with van der Waals surface area (Å²) in [6.07, 6.45) is 0. The van der Waals surface area contributed by atoms with Gasteiger partial charge in [0.15, 0.2) is 6.61 Å². The molecule has 0 saturated heterocycles. The number of amides is 1. The number of carbonyl (C=O) groups is 2. The van der Waals surface area contributed by atoms with Gasteiger partial charge in [0.2, 0.25) is 10.0 Å². The van der Waals surface area contributed by atoms with E-state index in [1.807, 2.05) is 0 Å². The SMILES string of the molecule is COCCNS(=O)(=O)c1ccc(OCC(=O)Nc2ccc(C(=O)OC)cc2)c(Cl)c1. The van der Waals surface area contributed by atoms with E-state index in [0.717, 1.165) is 0 Å². The highest BCUT2D eigenvalue weighted by atomic mass is 35.5. The van der Waals surface area contributed by atoms with Gasteiger partial charge < -0.3 is 19.5 Å². The summed E-state index contributed by atoms with van der Waals surface area (Å²) >= 11 is 6.08. The van der Waals surface area contributed by atoms with Gasteiger partial charge in [0.05, 0.1) is 29.2 Å². The number of carbonyl (C=O) groups excluding carboxylic acids is 2. The van der Waals surface area contributed by atoms with Gasteiger partial charge in [-0.05, 0) is 42.5 Å². The third-order valence-corrected chi connectivity index (χ3v) is 5.51. The number of halogens is 1. The van der Waals surface area contributed by atoms with Crippen LogP contribution in [-0.4, -0.2) is 54.3 Å². The molecule has 0 aliphatic carbocycles. The molecule has 11 heteroatoms. The highest BCUT2D eigenvalue weighted by Crippen LogP contribution is 2.27. The molecule has 0 atom stereocenters. The van der Waals surface area contributed by atoms with E-state index in [1.165, 1.54) is 44.6 Å². The van der Waals surface area contributed by atoms with Gasteiger partial charge in [0, 0.05) is 19.3 Å². The lowest BCUT2D eigenvalue weighted by Gasteiger charge is -2.11. The molecule has 2 N–H and O–H groups in total. The normalized spacial score (nSPS) is 11.0. The number of nitrogens with one attached hydrogen (secondary N) is 2. The number of benzene rings is 2. The molecule has 0 spiro atoms. The fourth-order valence-corrected chi connectivity index (χ4v) is 3.61. The second-order valence-electron chi connectivity index (χ2n) is 5.89. The van der Waals surface area contributed by atoms with Gasteiger partial charge in [-0.2, -0.15) is 0 Å². The zero-order chi connectivity index (χ0) is 22.1. The Hall–Kier alpha value is -2.66. The van der Waals surface area contributed by atoms with Crippen molar-refractivity contribution in [1.82, 2.24) is 4.72 Å². The van der Waals surface area contributed by atoms with Crippen molar-refractivity contribution in [2.45, 2.75) is 4.90 Å². The number of hydrogen-bond acceptors (Lipinski definition) is 7. The maximum absolute atomic E-state index is 12.2. The Balaban J connectivity index is 1.94. The molecular weight excluding hydrogens is 436 g/mol. The molecule has 30 heavy (non-hydrogen) atoms. The first-order valence-corrected chi connectivity index (χ1v) is 10.5. The van der Waals surface area contributed by atoms with Crippen LogP contribution < -0.4 is 14.8 Å². The van der Waals surface area contributed by atoms with Gasteiger partial charge in [0.25, 0.3) is 5.91 Å². The van der Waals surface area contributed by atoms with Crippen LogP contribution in [0.5, 0.6) is 5.75 Å². The van der Waals surface area contributed by atoms with Gasteiger partial charge in [0.1, 0.15) is 5.75 Å². The number of esters is 1. The minimum Gasteiger partial charge on any atom is -0.482 e. The number of sulfonamides is 1. The molecule has 0 saturated carbocycles. The lowest BCUT2D eigenvalue weighted by Crippen LogP contribution is -2.27. The average molecular weight is 457 g/mol. The molecule has 2 aromatic rings. The minimum atomic E-state index is -3.74. The predicted molar refractivity (Wildman–Crippen MR) is 110 cm³/mol. The van der Waals surface area contributed by atoms with Crippen molar-refractivity contribution >= 4 is 39.2 Å². The maximum atomic E-state index is 12.2. The van der Waals surface area contributed by atoms with Crippen molar-refractivity contribution in [3.05, 3.63) is 53.1 Å². The minimum absolute atomic E-state index is 0.0360. The second-order valence-corrected chi connectivity index (χ2v) is 8.06. The number of anilines is 1. The van der Waals surface area contributed by atoms with Crippen LogP contribution in [0.15, 0.2) is 47.4 Å². The fraction of sp³-hybridized carbons (Fsp3) is 0.263. The molecule has 0 heterocycles. The molecular formula is C19H21ClN2O7S. The summed E-state index contributed by atoms with van der Waals surface area (Å²) in [5, 5.41) is 2.64. The second kappa shape index (κ2) is 10.9. The molecule has 0 fully saturated rings. The maximum Gasteiger partial charge on any atom is 0.337 e. The molecule has 162 valence electrons. The first-order valence-electron chi connectivity index (χ1n) is 8.66. The molecule has 2 rings (SSSR count). The van der Waals surface area contributed by atoms with Gasteiger partial charge in [-0.15, -0.1) is 0 Å². The molecule has 0 aliphatic heterocycles. The zero-order valence-electron chi connectivity index (χ0n) is 16.3. The summed E-state index contributed by atoms with van der Waals surface area (Å²) in [5.74, 6) is -0.788. The Bertz CT molecular complexity index is 994. The number of rotatable bonds is 10. The van der Waals surface area contributed by atoms with Crippen molar-refractivity contribution in [1.29, 1.82) is 0 Å². The summed E-state index contributed by atoms with van der Waals surface area (Å²) in [6, 6.07) is 10.0. The lowest BCUT2D eigenvalue weighted by molar-refractivity contribution is -0.118. The number of ether oxygens (including phenoxy) is 3. The molecule has 0 aliphatic rings. The van der Waals surface area contributed by atoms with E-state index < -0.39 is 21.9 Å². The molecule has 0 unspecified atom stereocenters. The Morgan fingerprint density at radius 2 is 1.77 bits per heavy atom. The van der Waals surface area contributed by atoms with Crippen molar-refractivity contribution < 1.29 is 32.2 Å². The largest absolute Gasteiger partial charge is 0.482 e. The van der Waals surface area contributed by atoms with Crippen LogP contribution in [0.25, 0.3) is 0 Å². The topological polar surface area (TPSA) is 120 Å². The smallest absolute Gasteiger partial charge is 0.337 e. The highest BCUT2D eigenvalue weighted by Gasteiger charge is 2.16. The van der Waals surface area contributed by atoms with E-state index in [1.54, 1.807) is 12.1 Å². The number of hydrogen-bond donors (Lipinski definition) is 2. The average Bonchev–Trinajstić information content (AvgIpc) is 2.73. The zero-order valence-corrected chi connectivity index (χ0v) is 17.9. The predicted octanol–water partition coefficient (Wildman–Crippen LogP) is 2.07. The third kappa shape index (κ3) is 6.70. The van der Waals surface area contributed by atoms with Gasteiger partial charge in [-0.1, -0.05) is 11.6 Å². The van der Waals surface area contributed by atoms with Crippen LogP contribution in [0.4, 0.5) is 5.69 Å². The van der Waals surface area contributed by atoms with Crippen molar-refractivity contribution in [3.63, 3.8) is 0 Å². The fourth-order valence-electron chi connectivity index (χ4n) is 2.28. The van der Waals surface area contributed by atoms with Crippen LogP contribution in [0.2, 0.25) is 5.02 Å². The van der Waals surface area contributed by atoms with E-state index in [-0.39, 0.29) is 35.4 Å². The van der Waals surface area contributed by atoms with Crippen LogP contribution in [0.3, 0.4) is 0 Å². The summed E-state index contributed by atoms with van der Waals surface area (Å²) in [4.78, 5) is 23.4. The molecule has 0 radical (unpaired) electrons. The van der Waals surface area contributed by atoms with Crippen molar-refractivity contribution in [2.24, 2.45) is 0 Å². The Kier molecular flexibility index (Phi) is 8.60. The van der Waals surface area contributed by atoms with Gasteiger partial charge in [-0.25, -0.2) is 17.9 Å². The molecule has 0 aromatic heterocycles.